The van der Waals surface area contributed by atoms with E-state index < -0.39 is 0 Å². The molecule has 0 aliphatic heterocycles. The Hall–Kier alpha value is -1.63. The van der Waals surface area contributed by atoms with Crippen molar-refractivity contribution < 1.29 is 9.53 Å². The first-order valence-electron chi connectivity index (χ1n) is 6.50. The molecule has 1 heterocycles. The Morgan fingerprint density at radius 2 is 2.33 bits per heavy atom. The summed E-state index contributed by atoms with van der Waals surface area (Å²) in [6.07, 6.45) is 0.690. The normalized spacial score (nSPS) is 10.4. The van der Waals surface area contributed by atoms with Gasteiger partial charge in [-0.05, 0) is 24.7 Å². The minimum Gasteiger partial charge on any atom is -0.492 e. The highest BCUT2D eigenvalue weighted by molar-refractivity contribution is 7.09. The smallest absolute Gasteiger partial charge is 0.270 e. The predicted molar refractivity (Wildman–Crippen MR) is 84.2 cm³/mol. The molecule has 0 saturated carbocycles. The van der Waals surface area contributed by atoms with E-state index in [1.165, 1.54) is 11.3 Å². The fraction of sp³-hybridized carbons (Fsp3) is 0.286. The van der Waals surface area contributed by atoms with E-state index in [1.807, 2.05) is 12.1 Å². The lowest BCUT2D eigenvalue weighted by Gasteiger charge is -2.07. The number of aromatic nitrogens is 1. The van der Waals surface area contributed by atoms with Crippen LogP contribution in [0.4, 0.5) is 0 Å². The second-order valence-electron chi connectivity index (χ2n) is 4.23. The zero-order chi connectivity index (χ0) is 15.1. The van der Waals surface area contributed by atoms with Crippen LogP contribution in [-0.4, -0.2) is 30.6 Å². The number of amides is 1. The maximum Gasteiger partial charge on any atom is 0.270 e. The molecule has 0 aliphatic rings. The average Bonchev–Trinajstić information content (AvgIpc) is 2.93. The zero-order valence-corrected chi connectivity index (χ0v) is 12.9. The summed E-state index contributed by atoms with van der Waals surface area (Å²) in [5.41, 5.74) is 5.87. The molecule has 2 aromatic rings. The van der Waals surface area contributed by atoms with E-state index in [-0.39, 0.29) is 5.91 Å². The third kappa shape index (κ3) is 5.00. The highest BCUT2D eigenvalue weighted by Gasteiger charge is 2.09. The molecule has 0 atom stereocenters. The molecule has 5 nitrogen and oxygen atoms in total. The molecule has 1 aromatic carbocycles. The Balaban J connectivity index is 1.73. The van der Waals surface area contributed by atoms with E-state index >= 15 is 0 Å². The van der Waals surface area contributed by atoms with Gasteiger partial charge >= 0.3 is 0 Å². The Morgan fingerprint density at radius 3 is 3.10 bits per heavy atom. The number of hydrogen-bond acceptors (Lipinski definition) is 5. The van der Waals surface area contributed by atoms with Gasteiger partial charge in [-0.3, -0.25) is 4.79 Å². The second-order valence-corrected chi connectivity index (χ2v) is 5.61. The number of ether oxygens (including phenoxy) is 1. The highest BCUT2D eigenvalue weighted by atomic mass is 35.5. The van der Waals surface area contributed by atoms with Crippen molar-refractivity contribution in [3.05, 3.63) is 45.4 Å². The molecule has 7 heteroatoms. The van der Waals surface area contributed by atoms with Crippen LogP contribution in [0.25, 0.3) is 0 Å². The van der Waals surface area contributed by atoms with Crippen LogP contribution in [0.1, 0.15) is 15.5 Å². The van der Waals surface area contributed by atoms with Crippen LogP contribution < -0.4 is 15.8 Å². The Bertz CT molecular complexity index is 603. The SMILES string of the molecule is NCCc1nc(C(=O)NCCOc2cccc(Cl)c2)cs1. The van der Waals surface area contributed by atoms with Crippen LogP contribution in [0.5, 0.6) is 5.75 Å². The third-order valence-electron chi connectivity index (χ3n) is 2.60. The molecule has 0 fully saturated rings. The first-order valence-corrected chi connectivity index (χ1v) is 7.76. The van der Waals surface area contributed by atoms with Gasteiger partial charge in [0.15, 0.2) is 0 Å². The number of nitrogens with zero attached hydrogens (tertiary/aromatic N) is 1. The lowest BCUT2D eigenvalue weighted by molar-refractivity contribution is 0.0942. The molecule has 0 radical (unpaired) electrons. The number of thiazole rings is 1. The Morgan fingerprint density at radius 1 is 1.48 bits per heavy atom. The van der Waals surface area contributed by atoms with Crippen LogP contribution in [0.2, 0.25) is 5.02 Å². The quantitative estimate of drug-likeness (QED) is 0.764. The van der Waals surface area contributed by atoms with Crippen molar-refractivity contribution >= 4 is 28.8 Å². The van der Waals surface area contributed by atoms with Crippen LogP contribution in [0.3, 0.4) is 0 Å². The summed E-state index contributed by atoms with van der Waals surface area (Å²) in [6, 6.07) is 7.12. The molecule has 0 saturated heterocycles. The van der Waals surface area contributed by atoms with Gasteiger partial charge in [0.05, 0.1) is 11.6 Å². The van der Waals surface area contributed by atoms with Crippen LogP contribution >= 0.6 is 22.9 Å². The number of hydrogen-bond donors (Lipinski definition) is 2. The second kappa shape index (κ2) is 7.97. The van der Waals surface area contributed by atoms with Gasteiger partial charge in [0, 0.05) is 16.8 Å². The van der Waals surface area contributed by atoms with Gasteiger partial charge in [-0.15, -0.1) is 11.3 Å². The van der Waals surface area contributed by atoms with Crippen molar-refractivity contribution in [1.82, 2.24) is 10.3 Å². The standard InChI is InChI=1S/C14H16ClN3O2S/c15-10-2-1-3-11(8-10)20-7-6-17-14(19)12-9-21-13(18-12)4-5-16/h1-3,8-9H,4-7,16H2,(H,17,19). The van der Waals surface area contributed by atoms with Crippen LogP contribution in [0, 0.1) is 0 Å². The highest BCUT2D eigenvalue weighted by Crippen LogP contribution is 2.16. The van der Waals surface area contributed by atoms with Gasteiger partial charge in [-0.25, -0.2) is 4.98 Å². The summed E-state index contributed by atoms with van der Waals surface area (Å²) < 4.78 is 5.48. The van der Waals surface area contributed by atoms with Gasteiger partial charge in [0.2, 0.25) is 0 Å². The molecule has 1 amide bonds. The predicted octanol–water partition coefficient (Wildman–Crippen LogP) is 2.11. The average molecular weight is 326 g/mol. The van der Waals surface area contributed by atoms with Crippen molar-refractivity contribution in [2.24, 2.45) is 5.73 Å². The van der Waals surface area contributed by atoms with E-state index in [9.17, 15) is 4.79 Å². The van der Waals surface area contributed by atoms with E-state index in [1.54, 1.807) is 17.5 Å². The number of halogens is 1. The summed E-state index contributed by atoms with van der Waals surface area (Å²) in [7, 11) is 0. The number of nitrogens with one attached hydrogen (secondary N) is 1. The summed E-state index contributed by atoms with van der Waals surface area (Å²) >= 11 is 7.29. The molecule has 21 heavy (non-hydrogen) atoms. The Kier molecular flexibility index (Phi) is 5.98. The van der Waals surface area contributed by atoms with Crippen LogP contribution in [0.15, 0.2) is 29.6 Å². The molecule has 0 spiro atoms. The number of carbonyl (C=O) groups is 1. The molecule has 1 aromatic heterocycles. The molecule has 3 N–H and O–H groups in total. The Labute approximate surface area is 132 Å². The minimum atomic E-state index is -0.204. The summed E-state index contributed by atoms with van der Waals surface area (Å²) in [5.74, 6) is 0.472. The largest absolute Gasteiger partial charge is 0.492 e. The van der Waals surface area contributed by atoms with E-state index in [4.69, 9.17) is 22.1 Å². The van der Waals surface area contributed by atoms with Crippen molar-refractivity contribution in [2.45, 2.75) is 6.42 Å². The number of rotatable bonds is 7. The van der Waals surface area contributed by atoms with Crippen molar-refractivity contribution in [1.29, 1.82) is 0 Å². The topological polar surface area (TPSA) is 77.2 Å². The summed E-state index contributed by atoms with van der Waals surface area (Å²) in [4.78, 5) is 16.1. The van der Waals surface area contributed by atoms with E-state index in [2.05, 4.69) is 10.3 Å². The molecule has 112 valence electrons. The van der Waals surface area contributed by atoms with Gasteiger partial charge in [0.25, 0.3) is 5.91 Å². The fourth-order valence-corrected chi connectivity index (χ4v) is 2.61. The fourth-order valence-electron chi connectivity index (χ4n) is 1.63. The van der Waals surface area contributed by atoms with Gasteiger partial charge < -0.3 is 15.8 Å². The lowest BCUT2D eigenvalue weighted by atomic mass is 10.3. The summed E-state index contributed by atoms with van der Waals surface area (Å²) in [6.45, 7) is 1.29. The minimum absolute atomic E-state index is 0.204. The third-order valence-corrected chi connectivity index (χ3v) is 3.74. The van der Waals surface area contributed by atoms with E-state index in [0.29, 0.717) is 42.6 Å². The maximum atomic E-state index is 11.9. The first-order chi connectivity index (χ1) is 10.2. The lowest BCUT2D eigenvalue weighted by Crippen LogP contribution is -2.28. The molecule has 0 bridgehead atoms. The van der Waals surface area contributed by atoms with Crippen molar-refractivity contribution in [2.75, 3.05) is 19.7 Å². The van der Waals surface area contributed by atoms with Gasteiger partial charge in [0.1, 0.15) is 18.1 Å². The number of nitrogens with two attached hydrogens (primary N) is 1. The van der Waals surface area contributed by atoms with Gasteiger partial charge in [-0.1, -0.05) is 17.7 Å². The number of benzene rings is 1. The molecule has 2 rings (SSSR count). The zero-order valence-electron chi connectivity index (χ0n) is 11.3. The molecule has 0 unspecified atom stereocenters. The van der Waals surface area contributed by atoms with Gasteiger partial charge in [-0.2, -0.15) is 0 Å². The monoisotopic (exact) mass is 325 g/mol. The molecular formula is C14H16ClN3O2S. The first kappa shape index (κ1) is 15.8. The molecule has 0 aliphatic carbocycles. The van der Waals surface area contributed by atoms with Crippen LogP contribution in [-0.2, 0) is 6.42 Å². The number of carbonyl (C=O) groups excluding carboxylic acids is 1. The van der Waals surface area contributed by atoms with Crippen molar-refractivity contribution in [3.63, 3.8) is 0 Å². The molecular weight excluding hydrogens is 310 g/mol. The van der Waals surface area contributed by atoms with Crippen molar-refractivity contribution in [3.8, 4) is 5.75 Å². The summed E-state index contributed by atoms with van der Waals surface area (Å²) in [5, 5.41) is 5.98. The maximum absolute atomic E-state index is 11.9. The van der Waals surface area contributed by atoms with E-state index in [0.717, 1.165) is 5.01 Å².